The van der Waals surface area contributed by atoms with E-state index in [2.05, 4.69) is 5.32 Å². The Kier molecular flexibility index (Phi) is 6.70. The Bertz CT molecular complexity index is 953. The van der Waals surface area contributed by atoms with Crippen molar-refractivity contribution in [2.24, 2.45) is 0 Å². The molecule has 156 valence electrons. The predicted octanol–water partition coefficient (Wildman–Crippen LogP) is 3.63. The summed E-state index contributed by atoms with van der Waals surface area (Å²) in [5.41, 5.74) is 0. The molecule has 0 unspecified atom stereocenters. The Hall–Kier alpha value is -2.25. The van der Waals surface area contributed by atoms with E-state index in [0.717, 1.165) is 0 Å². The first kappa shape index (κ1) is 21.5. The first-order chi connectivity index (χ1) is 13.9. The number of carbonyl (C=O) groups is 1. The molecule has 0 spiro atoms. The minimum atomic E-state index is -3.84. The van der Waals surface area contributed by atoms with Crippen LogP contribution >= 0.6 is 11.6 Å². The number of nitrogens with one attached hydrogen (secondary N) is 1. The van der Waals surface area contributed by atoms with Gasteiger partial charge in [-0.25, -0.2) is 8.42 Å². The van der Waals surface area contributed by atoms with Crippen LogP contribution in [-0.2, 0) is 14.6 Å². The maximum Gasteiger partial charge on any atom is 0.241 e. The molecule has 1 aliphatic carbocycles. The van der Waals surface area contributed by atoms with Gasteiger partial charge in [0.15, 0.2) is 14.6 Å². The van der Waals surface area contributed by atoms with Gasteiger partial charge in [-0.1, -0.05) is 30.5 Å². The number of hydrogen-bond donors (Lipinski definition) is 1. The summed E-state index contributed by atoms with van der Waals surface area (Å²) in [7, 11) is -2.27. The fourth-order valence-electron chi connectivity index (χ4n) is 3.59. The highest BCUT2D eigenvalue weighted by Gasteiger charge is 2.52. The van der Waals surface area contributed by atoms with Gasteiger partial charge in [-0.2, -0.15) is 0 Å². The van der Waals surface area contributed by atoms with Gasteiger partial charge in [0, 0.05) is 11.1 Å². The summed E-state index contributed by atoms with van der Waals surface area (Å²) >= 11 is 5.88. The van der Waals surface area contributed by atoms with Crippen LogP contribution in [0.3, 0.4) is 0 Å². The number of hydrogen-bond acceptors (Lipinski definition) is 5. The van der Waals surface area contributed by atoms with Gasteiger partial charge in [0.2, 0.25) is 5.91 Å². The van der Waals surface area contributed by atoms with Gasteiger partial charge in [0.1, 0.15) is 18.1 Å². The second-order valence-electron chi connectivity index (χ2n) is 6.94. The standard InChI is InChI=1S/C21H24ClNO5S/c1-27-17-5-4-6-18(15-17)28-14-13-23-20(24)21(11-2-3-12-21)29(25,26)19-9-7-16(22)8-10-19/h4-10,15H,2-3,11-14H2,1H3,(H,23,24). The third-order valence-electron chi connectivity index (χ3n) is 5.16. The Morgan fingerprint density at radius 3 is 2.41 bits per heavy atom. The van der Waals surface area contributed by atoms with Crippen molar-refractivity contribution in [1.82, 2.24) is 5.32 Å². The second-order valence-corrected chi connectivity index (χ2v) is 9.64. The number of amides is 1. The van der Waals surface area contributed by atoms with E-state index in [-0.39, 0.29) is 18.0 Å². The van der Waals surface area contributed by atoms with E-state index in [9.17, 15) is 13.2 Å². The minimum Gasteiger partial charge on any atom is -0.497 e. The predicted molar refractivity (Wildman–Crippen MR) is 111 cm³/mol. The van der Waals surface area contributed by atoms with Crippen LogP contribution in [0.4, 0.5) is 0 Å². The van der Waals surface area contributed by atoms with E-state index in [4.69, 9.17) is 21.1 Å². The normalized spacial score (nSPS) is 15.7. The van der Waals surface area contributed by atoms with Gasteiger partial charge in [-0.05, 0) is 49.2 Å². The molecule has 0 aromatic heterocycles. The lowest BCUT2D eigenvalue weighted by atomic mass is 10.1. The largest absolute Gasteiger partial charge is 0.497 e. The van der Waals surface area contributed by atoms with E-state index in [1.165, 1.54) is 24.3 Å². The number of halogens is 1. The summed E-state index contributed by atoms with van der Waals surface area (Å²) in [6.45, 7) is 0.421. The number of sulfone groups is 1. The van der Waals surface area contributed by atoms with Crippen LogP contribution in [0, 0.1) is 0 Å². The number of ether oxygens (including phenoxy) is 2. The zero-order valence-corrected chi connectivity index (χ0v) is 17.8. The molecule has 0 saturated heterocycles. The molecule has 1 saturated carbocycles. The molecule has 1 fully saturated rings. The lowest BCUT2D eigenvalue weighted by Crippen LogP contribution is -2.51. The fourth-order valence-corrected chi connectivity index (χ4v) is 5.80. The van der Waals surface area contributed by atoms with Gasteiger partial charge in [-0.15, -0.1) is 0 Å². The highest BCUT2D eigenvalue weighted by molar-refractivity contribution is 7.93. The molecule has 0 heterocycles. The topological polar surface area (TPSA) is 81.7 Å². The molecule has 29 heavy (non-hydrogen) atoms. The van der Waals surface area contributed by atoms with Crippen molar-refractivity contribution in [3.05, 3.63) is 53.6 Å². The molecule has 6 nitrogen and oxygen atoms in total. The van der Waals surface area contributed by atoms with Gasteiger partial charge < -0.3 is 14.8 Å². The minimum absolute atomic E-state index is 0.117. The number of rotatable bonds is 8. The van der Waals surface area contributed by atoms with Crippen LogP contribution in [0.5, 0.6) is 11.5 Å². The van der Waals surface area contributed by atoms with Crippen LogP contribution in [0.15, 0.2) is 53.4 Å². The first-order valence-electron chi connectivity index (χ1n) is 9.44. The molecule has 1 N–H and O–H groups in total. The molecule has 2 aromatic carbocycles. The van der Waals surface area contributed by atoms with Crippen molar-refractivity contribution in [3.63, 3.8) is 0 Å². The van der Waals surface area contributed by atoms with E-state index < -0.39 is 20.5 Å². The van der Waals surface area contributed by atoms with Crippen LogP contribution in [0.2, 0.25) is 5.02 Å². The quantitative estimate of drug-likeness (QED) is 0.638. The van der Waals surface area contributed by atoms with Gasteiger partial charge >= 0.3 is 0 Å². The Morgan fingerprint density at radius 2 is 1.76 bits per heavy atom. The summed E-state index contributed by atoms with van der Waals surface area (Å²) in [4.78, 5) is 13.1. The number of methoxy groups -OCH3 is 1. The molecular formula is C21H24ClNO5S. The van der Waals surface area contributed by atoms with E-state index >= 15 is 0 Å². The van der Waals surface area contributed by atoms with Crippen molar-refractivity contribution in [2.75, 3.05) is 20.3 Å². The van der Waals surface area contributed by atoms with E-state index in [1.54, 1.807) is 31.4 Å². The third kappa shape index (κ3) is 4.51. The summed E-state index contributed by atoms with van der Waals surface area (Å²) in [5, 5.41) is 3.20. The van der Waals surface area contributed by atoms with Crippen molar-refractivity contribution in [1.29, 1.82) is 0 Å². The van der Waals surface area contributed by atoms with Crippen LogP contribution in [0.25, 0.3) is 0 Å². The van der Waals surface area contributed by atoms with E-state index in [0.29, 0.717) is 42.2 Å². The number of benzene rings is 2. The fraction of sp³-hybridized carbons (Fsp3) is 0.381. The number of carbonyl (C=O) groups excluding carboxylic acids is 1. The molecule has 0 aliphatic heterocycles. The Balaban J connectivity index is 1.67. The molecule has 3 rings (SSSR count). The van der Waals surface area contributed by atoms with Crippen LogP contribution in [-0.4, -0.2) is 39.3 Å². The Labute approximate surface area is 176 Å². The first-order valence-corrected chi connectivity index (χ1v) is 11.3. The smallest absolute Gasteiger partial charge is 0.241 e. The monoisotopic (exact) mass is 437 g/mol. The molecule has 0 bridgehead atoms. The average molecular weight is 438 g/mol. The summed E-state index contributed by atoms with van der Waals surface area (Å²) in [5.74, 6) is 0.813. The van der Waals surface area contributed by atoms with Crippen LogP contribution < -0.4 is 14.8 Å². The van der Waals surface area contributed by atoms with Crippen molar-refractivity contribution in [2.45, 2.75) is 35.3 Å². The average Bonchev–Trinajstić information content (AvgIpc) is 3.23. The highest BCUT2D eigenvalue weighted by Crippen LogP contribution is 2.41. The highest BCUT2D eigenvalue weighted by atomic mass is 35.5. The van der Waals surface area contributed by atoms with E-state index in [1.807, 2.05) is 0 Å². The zero-order valence-electron chi connectivity index (χ0n) is 16.2. The zero-order chi connectivity index (χ0) is 20.9. The lowest BCUT2D eigenvalue weighted by Gasteiger charge is -2.27. The maximum atomic E-state index is 13.3. The SMILES string of the molecule is COc1cccc(OCCNC(=O)C2(S(=O)(=O)c3ccc(Cl)cc3)CCCC2)c1. The van der Waals surface area contributed by atoms with Gasteiger partial charge in [-0.3, -0.25) is 4.79 Å². The van der Waals surface area contributed by atoms with Crippen LogP contribution in [0.1, 0.15) is 25.7 Å². The second kappa shape index (κ2) is 9.05. The molecule has 0 radical (unpaired) electrons. The summed E-state index contributed by atoms with van der Waals surface area (Å²) in [6.07, 6.45) is 2.00. The van der Waals surface area contributed by atoms with Crippen molar-refractivity contribution < 1.29 is 22.7 Å². The molecule has 1 aliphatic rings. The van der Waals surface area contributed by atoms with Gasteiger partial charge in [0.05, 0.1) is 18.6 Å². The Morgan fingerprint density at radius 1 is 1.10 bits per heavy atom. The molecule has 8 heteroatoms. The molecule has 0 atom stereocenters. The molecular weight excluding hydrogens is 414 g/mol. The third-order valence-corrected chi connectivity index (χ3v) is 7.93. The molecule has 2 aromatic rings. The maximum absolute atomic E-state index is 13.3. The molecule has 1 amide bonds. The van der Waals surface area contributed by atoms with Crippen molar-refractivity contribution in [3.8, 4) is 11.5 Å². The van der Waals surface area contributed by atoms with Gasteiger partial charge in [0.25, 0.3) is 0 Å². The summed E-state index contributed by atoms with van der Waals surface area (Å²) < 4.78 is 35.9. The van der Waals surface area contributed by atoms with Crippen molar-refractivity contribution >= 4 is 27.3 Å². The lowest BCUT2D eigenvalue weighted by molar-refractivity contribution is -0.123. The summed E-state index contributed by atoms with van der Waals surface area (Å²) in [6, 6.07) is 13.1.